The molecule has 94 valence electrons. The molecule has 1 nitrogen and oxygen atoms in total. The lowest BCUT2D eigenvalue weighted by molar-refractivity contribution is 0.118. The van der Waals surface area contributed by atoms with E-state index in [4.69, 9.17) is 0 Å². The third-order valence-electron chi connectivity index (χ3n) is 4.22. The Morgan fingerprint density at radius 3 is 2.76 bits per heavy atom. The second-order valence-electron chi connectivity index (χ2n) is 5.97. The van der Waals surface area contributed by atoms with Crippen LogP contribution < -0.4 is 0 Å². The van der Waals surface area contributed by atoms with E-state index < -0.39 is 0 Å². The molecule has 0 fully saturated rings. The highest BCUT2D eigenvalue weighted by Crippen LogP contribution is 2.44. The first-order chi connectivity index (χ1) is 8.06. The first-order valence-corrected chi connectivity index (χ1v) is 6.83. The molecule has 0 bridgehead atoms. The fraction of sp³-hybridized carbons (Fsp3) is 0.625. The van der Waals surface area contributed by atoms with E-state index in [-0.39, 0.29) is 11.5 Å². The van der Waals surface area contributed by atoms with E-state index in [0.29, 0.717) is 5.92 Å². The molecule has 0 radical (unpaired) electrons. The molecule has 1 aromatic carbocycles. The number of hydrogen-bond donors (Lipinski definition) is 1. The van der Waals surface area contributed by atoms with Crippen molar-refractivity contribution in [2.45, 2.75) is 63.9 Å². The van der Waals surface area contributed by atoms with Gasteiger partial charge in [0.15, 0.2) is 0 Å². The van der Waals surface area contributed by atoms with Crippen LogP contribution in [0.3, 0.4) is 0 Å². The number of hydrogen-bond acceptors (Lipinski definition) is 1. The summed E-state index contributed by atoms with van der Waals surface area (Å²) < 4.78 is 0. The van der Waals surface area contributed by atoms with Gasteiger partial charge in [-0.05, 0) is 35.8 Å². The average Bonchev–Trinajstić information content (AvgIpc) is 2.29. The minimum Gasteiger partial charge on any atom is -0.392 e. The van der Waals surface area contributed by atoms with Crippen molar-refractivity contribution < 1.29 is 5.11 Å². The van der Waals surface area contributed by atoms with Crippen LogP contribution in [0.5, 0.6) is 0 Å². The molecule has 0 amide bonds. The van der Waals surface area contributed by atoms with Crippen molar-refractivity contribution in [1.29, 1.82) is 0 Å². The number of rotatable bonds is 3. The van der Waals surface area contributed by atoms with Crippen molar-refractivity contribution in [3.05, 3.63) is 35.4 Å². The van der Waals surface area contributed by atoms with E-state index in [1.807, 2.05) is 0 Å². The fourth-order valence-electron chi connectivity index (χ4n) is 3.14. The largest absolute Gasteiger partial charge is 0.392 e. The molecule has 1 heteroatoms. The van der Waals surface area contributed by atoms with Crippen molar-refractivity contribution in [3.63, 3.8) is 0 Å². The molecule has 1 aliphatic carbocycles. The summed E-state index contributed by atoms with van der Waals surface area (Å²) in [5.74, 6) is 0.346. The summed E-state index contributed by atoms with van der Waals surface area (Å²) in [4.78, 5) is 0. The highest BCUT2D eigenvalue weighted by molar-refractivity contribution is 5.39. The van der Waals surface area contributed by atoms with Crippen LogP contribution in [0.15, 0.2) is 24.3 Å². The van der Waals surface area contributed by atoms with Gasteiger partial charge in [0, 0.05) is 5.92 Å². The highest BCUT2D eigenvalue weighted by Gasteiger charge is 2.34. The zero-order chi connectivity index (χ0) is 12.5. The van der Waals surface area contributed by atoms with Gasteiger partial charge in [-0.25, -0.2) is 0 Å². The summed E-state index contributed by atoms with van der Waals surface area (Å²) in [6, 6.07) is 8.67. The fourth-order valence-corrected chi connectivity index (χ4v) is 3.14. The summed E-state index contributed by atoms with van der Waals surface area (Å²) in [5.41, 5.74) is 3.08. The third-order valence-corrected chi connectivity index (χ3v) is 4.22. The van der Waals surface area contributed by atoms with Gasteiger partial charge >= 0.3 is 0 Å². The maximum atomic E-state index is 10.3. The molecule has 1 aromatic rings. The normalized spacial score (nSPS) is 24.1. The average molecular weight is 232 g/mol. The third kappa shape index (κ3) is 2.40. The Morgan fingerprint density at radius 2 is 2.06 bits per heavy atom. The minimum absolute atomic E-state index is 0.169. The molecule has 0 heterocycles. The molecule has 0 spiro atoms. The van der Waals surface area contributed by atoms with Crippen LogP contribution in [0.25, 0.3) is 0 Å². The molecule has 0 aromatic heterocycles. The zero-order valence-corrected chi connectivity index (χ0v) is 11.2. The van der Waals surface area contributed by atoms with Gasteiger partial charge < -0.3 is 5.11 Å². The van der Waals surface area contributed by atoms with E-state index in [1.54, 1.807) is 0 Å². The van der Waals surface area contributed by atoms with Crippen LogP contribution in [0.2, 0.25) is 0 Å². The van der Waals surface area contributed by atoms with Gasteiger partial charge in [-0.3, -0.25) is 0 Å². The molecule has 2 rings (SSSR count). The molecular formula is C16H24O. The first kappa shape index (κ1) is 12.6. The second-order valence-corrected chi connectivity index (χ2v) is 5.97. The van der Waals surface area contributed by atoms with Gasteiger partial charge in [0.1, 0.15) is 0 Å². The van der Waals surface area contributed by atoms with Crippen LogP contribution in [-0.4, -0.2) is 11.2 Å². The minimum atomic E-state index is -0.169. The van der Waals surface area contributed by atoms with Crippen molar-refractivity contribution in [3.8, 4) is 0 Å². The summed E-state index contributed by atoms with van der Waals surface area (Å²) in [7, 11) is 0. The second kappa shape index (κ2) is 4.81. The lowest BCUT2D eigenvalue weighted by Gasteiger charge is -2.38. The van der Waals surface area contributed by atoms with Crippen LogP contribution in [0.4, 0.5) is 0 Å². The zero-order valence-electron chi connectivity index (χ0n) is 11.2. The van der Waals surface area contributed by atoms with Gasteiger partial charge in [0.25, 0.3) is 0 Å². The van der Waals surface area contributed by atoms with Crippen LogP contribution in [-0.2, 0) is 5.41 Å². The monoisotopic (exact) mass is 232 g/mol. The van der Waals surface area contributed by atoms with Crippen LogP contribution >= 0.6 is 0 Å². The van der Waals surface area contributed by atoms with E-state index in [2.05, 4.69) is 45.0 Å². The maximum Gasteiger partial charge on any atom is 0.0608 e. The van der Waals surface area contributed by atoms with Gasteiger partial charge in [-0.1, -0.05) is 51.5 Å². The van der Waals surface area contributed by atoms with E-state index in [0.717, 1.165) is 19.3 Å². The number of aliphatic hydroxyl groups excluding tert-OH is 1. The van der Waals surface area contributed by atoms with E-state index >= 15 is 0 Å². The van der Waals surface area contributed by atoms with Crippen molar-refractivity contribution >= 4 is 0 Å². The molecule has 1 aliphatic rings. The quantitative estimate of drug-likeness (QED) is 0.835. The number of benzene rings is 1. The highest BCUT2D eigenvalue weighted by atomic mass is 16.3. The smallest absolute Gasteiger partial charge is 0.0608 e. The Bertz CT molecular complexity index is 381. The summed E-state index contributed by atoms with van der Waals surface area (Å²) in [6.07, 6.45) is 4.10. The molecule has 2 atom stereocenters. The molecular weight excluding hydrogens is 208 g/mol. The molecule has 1 N–H and O–H groups in total. The molecule has 0 saturated carbocycles. The Balaban J connectivity index is 2.35. The summed E-state index contributed by atoms with van der Waals surface area (Å²) in [5, 5.41) is 10.3. The Morgan fingerprint density at radius 1 is 1.35 bits per heavy atom. The lowest BCUT2D eigenvalue weighted by Crippen LogP contribution is -2.31. The molecule has 0 saturated heterocycles. The number of fused-ring (bicyclic) bond motifs is 1. The number of aliphatic hydroxyl groups is 1. The van der Waals surface area contributed by atoms with E-state index in [9.17, 15) is 5.11 Å². The predicted molar refractivity (Wildman–Crippen MR) is 72.4 cm³/mol. The summed E-state index contributed by atoms with van der Waals surface area (Å²) in [6.45, 7) is 6.77. The maximum absolute atomic E-state index is 10.3. The van der Waals surface area contributed by atoms with Crippen molar-refractivity contribution in [1.82, 2.24) is 0 Å². The van der Waals surface area contributed by atoms with Gasteiger partial charge in [0.05, 0.1) is 6.10 Å². The Hall–Kier alpha value is -0.820. The topological polar surface area (TPSA) is 20.2 Å². The molecule has 17 heavy (non-hydrogen) atoms. The molecule has 0 aliphatic heterocycles. The SMILES string of the molecule is CCCC(O)C1CCC(C)(C)c2ccccc21. The van der Waals surface area contributed by atoms with Gasteiger partial charge in [0.2, 0.25) is 0 Å². The lowest BCUT2D eigenvalue weighted by atomic mass is 9.67. The van der Waals surface area contributed by atoms with Crippen molar-refractivity contribution in [2.24, 2.45) is 0 Å². The van der Waals surface area contributed by atoms with Gasteiger partial charge in [-0.15, -0.1) is 0 Å². The summed E-state index contributed by atoms with van der Waals surface area (Å²) >= 11 is 0. The van der Waals surface area contributed by atoms with Crippen molar-refractivity contribution in [2.75, 3.05) is 0 Å². The van der Waals surface area contributed by atoms with Gasteiger partial charge in [-0.2, -0.15) is 0 Å². The van der Waals surface area contributed by atoms with Crippen LogP contribution in [0.1, 0.15) is 63.5 Å². The van der Waals surface area contributed by atoms with Crippen LogP contribution in [0, 0.1) is 0 Å². The standard InChI is InChI=1S/C16H24O/c1-4-7-15(17)13-10-11-16(2,3)14-9-6-5-8-12(13)14/h5-6,8-9,13,15,17H,4,7,10-11H2,1-3H3. The van der Waals surface area contributed by atoms with E-state index in [1.165, 1.54) is 17.5 Å². The molecule has 2 unspecified atom stereocenters. The Labute approximate surface area is 105 Å². The Kier molecular flexibility index (Phi) is 3.58. The predicted octanol–water partition coefficient (Wildman–Crippen LogP) is 4.00. The first-order valence-electron chi connectivity index (χ1n) is 6.83.